The molecule has 0 amide bonds. The van der Waals surface area contributed by atoms with E-state index in [9.17, 15) is 4.39 Å². The molecule has 0 radical (unpaired) electrons. The topological polar surface area (TPSA) is 13.1 Å². The SMILES string of the molecule is CCC/C=C(/c1ccc2occc2c1)c1ccc(F)cc1C. The van der Waals surface area contributed by atoms with E-state index in [1.54, 1.807) is 12.3 Å². The van der Waals surface area contributed by atoms with Crippen molar-refractivity contribution >= 4 is 16.5 Å². The Balaban J connectivity index is 2.13. The molecule has 2 aromatic carbocycles. The van der Waals surface area contributed by atoms with E-state index >= 15 is 0 Å². The summed E-state index contributed by atoms with van der Waals surface area (Å²) in [6.45, 7) is 4.11. The summed E-state index contributed by atoms with van der Waals surface area (Å²) in [5.74, 6) is -0.193. The van der Waals surface area contributed by atoms with E-state index in [1.165, 1.54) is 6.07 Å². The molecule has 3 aromatic rings. The molecule has 0 bridgehead atoms. The monoisotopic (exact) mass is 294 g/mol. The maximum absolute atomic E-state index is 13.4. The van der Waals surface area contributed by atoms with Crippen LogP contribution >= 0.6 is 0 Å². The predicted octanol–water partition coefficient (Wildman–Crippen LogP) is 6.11. The van der Waals surface area contributed by atoms with Crippen LogP contribution in [-0.4, -0.2) is 0 Å². The highest BCUT2D eigenvalue weighted by Crippen LogP contribution is 2.30. The van der Waals surface area contributed by atoms with Gasteiger partial charge in [0.05, 0.1) is 6.26 Å². The molecule has 112 valence electrons. The fourth-order valence-corrected chi connectivity index (χ4v) is 2.74. The molecule has 0 spiro atoms. The lowest BCUT2D eigenvalue weighted by Gasteiger charge is -2.12. The van der Waals surface area contributed by atoms with Gasteiger partial charge < -0.3 is 4.42 Å². The minimum atomic E-state index is -0.193. The number of aryl methyl sites for hydroxylation is 1. The van der Waals surface area contributed by atoms with Crippen LogP contribution in [0.4, 0.5) is 4.39 Å². The van der Waals surface area contributed by atoms with Crippen LogP contribution in [0.3, 0.4) is 0 Å². The Labute approximate surface area is 130 Å². The van der Waals surface area contributed by atoms with E-state index in [0.717, 1.165) is 46.1 Å². The number of furan rings is 1. The number of fused-ring (bicyclic) bond motifs is 1. The molecule has 0 saturated carbocycles. The summed E-state index contributed by atoms with van der Waals surface area (Å²) in [4.78, 5) is 0. The van der Waals surface area contributed by atoms with Crippen molar-refractivity contribution in [2.24, 2.45) is 0 Å². The Morgan fingerprint density at radius 3 is 2.77 bits per heavy atom. The van der Waals surface area contributed by atoms with Crippen LogP contribution in [0.1, 0.15) is 36.5 Å². The molecule has 1 nitrogen and oxygen atoms in total. The van der Waals surface area contributed by atoms with E-state index in [2.05, 4.69) is 25.1 Å². The molecule has 0 aliphatic heterocycles. The van der Waals surface area contributed by atoms with Crippen LogP contribution in [0.25, 0.3) is 16.5 Å². The van der Waals surface area contributed by atoms with Crippen molar-refractivity contribution in [1.29, 1.82) is 0 Å². The van der Waals surface area contributed by atoms with Crippen LogP contribution in [0.15, 0.2) is 59.2 Å². The van der Waals surface area contributed by atoms with Crippen molar-refractivity contribution in [2.45, 2.75) is 26.7 Å². The van der Waals surface area contributed by atoms with Crippen LogP contribution in [0.2, 0.25) is 0 Å². The maximum atomic E-state index is 13.4. The van der Waals surface area contributed by atoms with Crippen LogP contribution in [0, 0.1) is 12.7 Å². The van der Waals surface area contributed by atoms with Gasteiger partial charge in [-0.3, -0.25) is 0 Å². The normalized spacial score (nSPS) is 12.0. The average Bonchev–Trinajstić information content (AvgIpc) is 2.97. The fourth-order valence-electron chi connectivity index (χ4n) is 2.74. The lowest BCUT2D eigenvalue weighted by Crippen LogP contribution is -1.93. The van der Waals surface area contributed by atoms with Crippen LogP contribution in [0.5, 0.6) is 0 Å². The van der Waals surface area contributed by atoms with Gasteiger partial charge in [0.1, 0.15) is 11.4 Å². The first-order valence-electron chi connectivity index (χ1n) is 7.63. The van der Waals surface area contributed by atoms with Crippen molar-refractivity contribution in [1.82, 2.24) is 0 Å². The average molecular weight is 294 g/mol. The summed E-state index contributed by atoms with van der Waals surface area (Å²) >= 11 is 0. The third-order valence-corrected chi connectivity index (χ3v) is 3.88. The standard InChI is InChI=1S/C20H19FO/c1-3-4-5-19(18-8-7-17(21)12-14(18)2)15-6-9-20-16(13-15)10-11-22-20/h5-13H,3-4H2,1-2H3/b19-5-. The zero-order valence-electron chi connectivity index (χ0n) is 12.9. The van der Waals surface area contributed by atoms with Gasteiger partial charge in [-0.15, -0.1) is 0 Å². The van der Waals surface area contributed by atoms with Crippen molar-refractivity contribution < 1.29 is 8.81 Å². The molecule has 0 saturated heterocycles. The van der Waals surface area contributed by atoms with Crippen LogP contribution < -0.4 is 0 Å². The van der Waals surface area contributed by atoms with Crippen molar-refractivity contribution in [3.8, 4) is 0 Å². The Kier molecular flexibility index (Phi) is 4.10. The summed E-state index contributed by atoms with van der Waals surface area (Å²) in [5.41, 5.74) is 5.21. The summed E-state index contributed by atoms with van der Waals surface area (Å²) in [6.07, 6.45) is 6.02. The highest BCUT2D eigenvalue weighted by Gasteiger charge is 2.10. The first-order chi connectivity index (χ1) is 10.7. The lowest BCUT2D eigenvalue weighted by atomic mass is 9.92. The van der Waals surface area contributed by atoms with Crippen molar-refractivity contribution in [2.75, 3.05) is 0 Å². The van der Waals surface area contributed by atoms with E-state index in [1.807, 2.05) is 25.1 Å². The predicted molar refractivity (Wildman–Crippen MR) is 89.3 cm³/mol. The summed E-state index contributed by atoms with van der Waals surface area (Å²) in [7, 11) is 0. The molecule has 3 rings (SSSR count). The molecule has 0 N–H and O–H groups in total. The number of halogens is 1. The van der Waals surface area contributed by atoms with Gasteiger partial charge in [-0.2, -0.15) is 0 Å². The largest absolute Gasteiger partial charge is 0.464 e. The smallest absolute Gasteiger partial charge is 0.133 e. The minimum absolute atomic E-state index is 0.193. The van der Waals surface area contributed by atoms with Crippen LogP contribution in [-0.2, 0) is 0 Å². The zero-order chi connectivity index (χ0) is 15.5. The van der Waals surface area contributed by atoms with Gasteiger partial charge in [-0.1, -0.05) is 31.6 Å². The second kappa shape index (κ2) is 6.18. The van der Waals surface area contributed by atoms with Crippen molar-refractivity contribution in [3.05, 3.63) is 77.3 Å². The molecule has 0 unspecified atom stereocenters. The Morgan fingerprint density at radius 1 is 1.14 bits per heavy atom. The Morgan fingerprint density at radius 2 is 2.00 bits per heavy atom. The van der Waals surface area contributed by atoms with E-state index in [4.69, 9.17) is 4.42 Å². The molecular weight excluding hydrogens is 275 g/mol. The number of allylic oxidation sites excluding steroid dienone is 1. The first kappa shape index (κ1) is 14.6. The summed E-state index contributed by atoms with van der Waals surface area (Å²) in [6, 6.07) is 13.1. The molecule has 0 aliphatic rings. The van der Waals surface area contributed by atoms with E-state index in [0.29, 0.717) is 0 Å². The minimum Gasteiger partial charge on any atom is -0.464 e. The highest BCUT2D eigenvalue weighted by molar-refractivity contribution is 5.87. The summed E-state index contributed by atoms with van der Waals surface area (Å²) < 4.78 is 18.8. The van der Waals surface area contributed by atoms with E-state index in [-0.39, 0.29) is 5.82 Å². The maximum Gasteiger partial charge on any atom is 0.133 e. The van der Waals surface area contributed by atoms with Gasteiger partial charge in [-0.25, -0.2) is 4.39 Å². The number of unbranched alkanes of at least 4 members (excludes halogenated alkanes) is 1. The molecule has 1 aromatic heterocycles. The van der Waals surface area contributed by atoms with Gasteiger partial charge in [0.2, 0.25) is 0 Å². The van der Waals surface area contributed by atoms with Gasteiger partial charge >= 0.3 is 0 Å². The summed E-state index contributed by atoms with van der Waals surface area (Å²) in [5, 5.41) is 1.08. The third kappa shape index (κ3) is 2.82. The molecule has 0 atom stereocenters. The van der Waals surface area contributed by atoms with Crippen molar-refractivity contribution in [3.63, 3.8) is 0 Å². The van der Waals surface area contributed by atoms with E-state index < -0.39 is 0 Å². The third-order valence-electron chi connectivity index (χ3n) is 3.88. The molecule has 0 fully saturated rings. The quantitative estimate of drug-likeness (QED) is 0.565. The highest BCUT2D eigenvalue weighted by atomic mass is 19.1. The number of rotatable bonds is 4. The molecule has 0 aliphatic carbocycles. The number of benzene rings is 2. The zero-order valence-corrected chi connectivity index (χ0v) is 12.9. The first-order valence-corrected chi connectivity index (χ1v) is 7.63. The number of hydrogen-bond acceptors (Lipinski definition) is 1. The van der Waals surface area contributed by atoms with Gasteiger partial charge in [0.25, 0.3) is 0 Å². The second-order valence-corrected chi connectivity index (χ2v) is 5.54. The second-order valence-electron chi connectivity index (χ2n) is 5.54. The van der Waals surface area contributed by atoms with Gasteiger partial charge in [0, 0.05) is 5.39 Å². The molecule has 22 heavy (non-hydrogen) atoms. The molecule has 2 heteroatoms. The Bertz CT molecular complexity index is 827. The van der Waals surface area contributed by atoms with Gasteiger partial charge in [-0.05, 0) is 65.9 Å². The number of hydrogen-bond donors (Lipinski definition) is 0. The molecule has 1 heterocycles. The van der Waals surface area contributed by atoms with Gasteiger partial charge in [0.15, 0.2) is 0 Å². The fraction of sp³-hybridized carbons (Fsp3) is 0.200. The lowest BCUT2D eigenvalue weighted by molar-refractivity contribution is 0.616. The molecular formula is C20H19FO. The Hall–Kier alpha value is -2.35.